The van der Waals surface area contributed by atoms with Crippen LogP contribution < -0.4 is 20.1 Å². The van der Waals surface area contributed by atoms with Crippen LogP contribution in [0.5, 0.6) is 34.5 Å². The molecule has 2 aromatic rings. The van der Waals surface area contributed by atoms with Gasteiger partial charge in [-0.2, -0.15) is 0 Å². The lowest BCUT2D eigenvalue weighted by Gasteiger charge is -2.29. The van der Waals surface area contributed by atoms with E-state index in [4.69, 9.17) is 9.47 Å². The molecule has 2 heterocycles. The molecular weight excluding hydrogens is 765 g/mol. The van der Waals surface area contributed by atoms with Crippen LogP contribution in [0.15, 0.2) is 46.2 Å². The first-order valence-corrected chi connectivity index (χ1v) is 20.0. The standard InChI is InChI=1S/C40H40N2O12S2/c1-15-31(47)27(19(5)43)35-29(33(15)49)39(7)23(53-35)13-21(45)25(37(39)51)17(3)41-9-11-55-56-12-10-42-18(4)26-22(46)14-24-40(8,38(26)52)30-34(50)16(2)32(48)28(20(6)44)36(30)54-24/h13-14,41-42,47-50H,9-12H2,1-8H3/b25-17+,26-18+/t39-,40+. The number of phenols is 4. The van der Waals surface area contributed by atoms with Crippen LogP contribution in [-0.2, 0) is 30.0 Å². The van der Waals surface area contributed by atoms with Gasteiger partial charge in [-0.1, -0.05) is 21.6 Å². The van der Waals surface area contributed by atoms with E-state index in [-0.39, 0.29) is 67.5 Å². The number of nitrogens with one attached hydrogen (secondary N) is 2. The van der Waals surface area contributed by atoms with Crippen molar-refractivity contribution in [2.45, 2.75) is 66.2 Å². The fourth-order valence-corrected chi connectivity index (χ4v) is 9.39. The molecule has 56 heavy (non-hydrogen) atoms. The van der Waals surface area contributed by atoms with Gasteiger partial charge < -0.3 is 40.5 Å². The number of hydrogen-bond donors (Lipinski definition) is 6. The Morgan fingerprint density at radius 1 is 0.625 bits per heavy atom. The highest BCUT2D eigenvalue weighted by atomic mass is 33.1. The van der Waals surface area contributed by atoms with Gasteiger partial charge in [0.1, 0.15) is 68.0 Å². The molecule has 6 rings (SSSR count). The molecule has 0 aromatic heterocycles. The second kappa shape index (κ2) is 14.2. The first kappa shape index (κ1) is 40.2. The molecule has 4 aliphatic rings. The average Bonchev–Trinajstić information content (AvgIpc) is 3.58. The molecule has 2 aliphatic heterocycles. The third-order valence-corrected chi connectivity index (χ3v) is 13.2. The predicted octanol–water partition coefficient (Wildman–Crippen LogP) is 4.71. The van der Waals surface area contributed by atoms with E-state index in [0.717, 1.165) is 12.2 Å². The average molecular weight is 805 g/mol. The molecule has 0 saturated heterocycles. The third kappa shape index (κ3) is 5.79. The maximum absolute atomic E-state index is 14.0. The van der Waals surface area contributed by atoms with Crippen molar-refractivity contribution < 1.29 is 58.7 Å². The topological polar surface area (TPSA) is 226 Å². The van der Waals surface area contributed by atoms with E-state index >= 15 is 0 Å². The summed E-state index contributed by atoms with van der Waals surface area (Å²) in [5.41, 5.74) is -3.12. The molecule has 2 atom stereocenters. The number of carbonyl (C=O) groups excluding carboxylic acids is 6. The maximum atomic E-state index is 14.0. The van der Waals surface area contributed by atoms with E-state index in [1.807, 2.05) is 0 Å². The molecule has 0 saturated carbocycles. The smallest absolute Gasteiger partial charge is 0.194 e. The molecule has 0 bridgehead atoms. The predicted molar refractivity (Wildman–Crippen MR) is 208 cm³/mol. The summed E-state index contributed by atoms with van der Waals surface area (Å²) in [5, 5.41) is 49.4. The highest BCUT2D eigenvalue weighted by molar-refractivity contribution is 8.76. The van der Waals surface area contributed by atoms with Crippen molar-refractivity contribution in [2.75, 3.05) is 24.6 Å². The van der Waals surface area contributed by atoms with Gasteiger partial charge in [0, 0.05) is 59.3 Å². The lowest BCUT2D eigenvalue weighted by Crippen LogP contribution is -2.41. The lowest BCUT2D eigenvalue weighted by molar-refractivity contribution is -0.125. The van der Waals surface area contributed by atoms with Gasteiger partial charge in [0.15, 0.2) is 34.7 Å². The van der Waals surface area contributed by atoms with Crippen LogP contribution in [0.25, 0.3) is 0 Å². The monoisotopic (exact) mass is 804 g/mol. The van der Waals surface area contributed by atoms with Crippen molar-refractivity contribution in [3.05, 3.63) is 79.6 Å². The minimum atomic E-state index is -1.61. The Balaban J connectivity index is 1.07. The molecule has 2 aromatic carbocycles. The number of ether oxygens (including phenoxy) is 2. The van der Waals surface area contributed by atoms with Gasteiger partial charge in [0.25, 0.3) is 0 Å². The lowest BCUT2D eigenvalue weighted by atomic mass is 9.70. The van der Waals surface area contributed by atoms with Crippen molar-refractivity contribution in [1.82, 2.24) is 10.6 Å². The van der Waals surface area contributed by atoms with Gasteiger partial charge in [0.05, 0.1) is 22.3 Å². The van der Waals surface area contributed by atoms with Crippen LogP contribution in [0.4, 0.5) is 0 Å². The van der Waals surface area contributed by atoms with Gasteiger partial charge in [-0.25, -0.2) is 0 Å². The first-order valence-electron chi connectivity index (χ1n) is 17.5. The van der Waals surface area contributed by atoms with Crippen LogP contribution in [0, 0.1) is 13.8 Å². The van der Waals surface area contributed by atoms with Gasteiger partial charge >= 0.3 is 0 Å². The Morgan fingerprint density at radius 3 is 1.29 bits per heavy atom. The Morgan fingerprint density at radius 2 is 0.964 bits per heavy atom. The SMILES string of the molecule is CC(=O)c1c(O)c(C)c(O)c2c1OC1=CC(=O)/C(=C(/C)NCCSSCCN/C(C)=C3\C(=O)C=C4Oc5c(C(C)=O)c(O)c(C)c(O)c5[C@]4(C)C3=O)C(=O)[C@@]12C. The van der Waals surface area contributed by atoms with Gasteiger partial charge in [-0.05, 0) is 55.4 Å². The summed E-state index contributed by atoms with van der Waals surface area (Å²) in [5.74, 6) is -4.50. The first-order chi connectivity index (χ1) is 26.2. The number of hydrogen-bond acceptors (Lipinski definition) is 16. The van der Waals surface area contributed by atoms with Crippen LogP contribution in [0.1, 0.15) is 84.5 Å². The maximum Gasteiger partial charge on any atom is 0.194 e. The van der Waals surface area contributed by atoms with Crippen LogP contribution in [0.3, 0.4) is 0 Å². The molecule has 294 valence electrons. The van der Waals surface area contributed by atoms with E-state index < -0.39 is 68.5 Å². The number of allylic oxidation sites excluding steroid dienone is 8. The van der Waals surface area contributed by atoms with Crippen molar-refractivity contribution in [3.8, 4) is 34.5 Å². The van der Waals surface area contributed by atoms with Crippen molar-refractivity contribution >= 4 is 56.3 Å². The Kier molecular flexibility index (Phi) is 10.2. The summed E-state index contributed by atoms with van der Waals surface area (Å²) < 4.78 is 11.6. The molecule has 2 aliphatic carbocycles. The molecule has 6 N–H and O–H groups in total. The van der Waals surface area contributed by atoms with E-state index in [2.05, 4.69) is 10.6 Å². The van der Waals surface area contributed by atoms with E-state index in [1.54, 1.807) is 13.8 Å². The zero-order valence-corrected chi connectivity index (χ0v) is 33.5. The highest BCUT2D eigenvalue weighted by Crippen LogP contribution is 2.59. The quantitative estimate of drug-likeness (QED) is 0.0595. The van der Waals surface area contributed by atoms with Crippen molar-refractivity contribution in [2.24, 2.45) is 0 Å². The van der Waals surface area contributed by atoms with E-state index in [9.17, 15) is 49.2 Å². The fraction of sp³-hybridized carbons (Fsp3) is 0.350. The Hall–Kier alpha value is -5.48. The summed E-state index contributed by atoms with van der Waals surface area (Å²) in [6.45, 7) is 12.3. The second-order valence-corrected chi connectivity index (χ2v) is 17.0. The molecule has 0 amide bonds. The Labute approximate surface area is 329 Å². The molecule has 16 heteroatoms. The summed E-state index contributed by atoms with van der Waals surface area (Å²) in [6.07, 6.45) is 2.33. The number of carbonyl (C=O) groups is 6. The number of rotatable bonds is 11. The van der Waals surface area contributed by atoms with E-state index in [1.165, 1.54) is 63.1 Å². The van der Waals surface area contributed by atoms with Crippen LogP contribution in [0.2, 0.25) is 0 Å². The molecule has 0 spiro atoms. The number of fused-ring (bicyclic) bond motifs is 6. The van der Waals surface area contributed by atoms with Crippen LogP contribution in [-0.4, -0.2) is 79.7 Å². The van der Waals surface area contributed by atoms with Gasteiger partial charge in [-0.15, -0.1) is 0 Å². The number of Topliss-reactive ketones (excluding diaryl/α,β-unsaturated/α-hetero) is 4. The van der Waals surface area contributed by atoms with Crippen molar-refractivity contribution in [1.29, 1.82) is 0 Å². The van der Waals surface area contributed by atoms with E-state index in [0.29, 0.717) is 36.0 Å². The zero-order chi connectivity index (χ0) is 41.3. The number of benzene rings is 2. The number of ketones is 6. The largest absolute Gasteiger partial charge is 0.507 e. The summed E-state index contributed by atoms with van der Waals surface area (Å²) in [4.78, 5) is 79.2. The van der Waals surface area contributed by atoms with Crippen LogP contribution >= 0.6 is 21.6 Å². The molecule has 14 nitrogen and oxygen atoms in total. The van der Waals surface area contributed by atoms with Crippen molar-refractivity contribution in [3.63, 3.8) is 0 Å². The highest BCUT2D eigenvalue weighted by Gasteiger charge is 2.57. The summed E-state index contributed by atoms with van der Waals surface area (Å²) >= 11 is 0. The minimum absolute atomic E-state index is 0.0110. The molecule has 0 unspecified atom stereocenters. The Bertz CT molecular complexity index is 2210. The summed E-state index contributed by atoms with van der Waals surface area (Å²) in [6, 6.07) is 0. The molecule has 0 radical (unpaired) electrons. The van der Waals surface area contributed by atoms with Gasteiger partial charge in [-0.3, -0.25) is 28.8 Å². The molecular formula is C40H40N2O12S2. The zero-order valence-electron chi connectivity index (χ0n) is 31.9. The van der Waals surface area contributed by atoms with Gasteiger partial charge in [0.2, 0.25) is 0 Å². The molecule has 0 fully saturated rings. The third-order valence-electron chi connectivity index (χ3n) is 10.8. The number of aromatic hydroxyl groups is 4. The minimum Gasteiger partial charge on any atom is -0.507 e. The summed E-state index contributed by atoms with van der Waals surface area (Å²) in [7, 11) is 3.02. The second-order valence-electron chi connectivity index (χ2n) is 14.3. The number of phenolic OH excluding ortho intramolecular Hbond substituents is 4. The normalized spacial score (nSPS) is 22.6. The fourth-order valence-electron chi connectivity index (χ4n) is 7.58.